The summed E-state index contributed by atoms with van der Waals surface area (Å²) < 4.78 is 27.4. The highest BCUT2D eigenvalue weighted by molar-refractivity contribution is 5.89. The second-order valence-corrected chi connectivity index (χ2v) is 10.7. The van der Waals surface area contributed by atoms with Gasteiger partial charge in [-0.3, -0.25) is 0 Å². The molecule has 1 heterocycles. The predicted molar refractivity (Wildman–Crippen MR) is 171 cm³/mol. The molecular formula is C35H41F2N5O. The summed E-state index contributed by atoms with van der Waals surface area (Å²) in [5.74, 6) is -0.739. The maximum Gasteiger partial charge on any atom is 0.321 e. The monoisotopic (exact) mass is 585 g/mol. The number of carbonyl (C=O) groups is 1. The summed E-state index contributed by atoms with van der Waals surface area (Å²) in [6.07, 6.45) is 7.99. The molecule has 6 nitrogen and oxygen atoms in total. The smallest absolute Gasteiger partial charge is 0.321 e. The molecular weight excluding hydrogens is 544 g/mol. The Morgan fingerprint density at radius 2 is 1.40 bits per heavy atom. The third-order valence-corrected chi connectivity index (χ3v) is 7.33. The van der Waals surface area contributed by atoms with Crippen molar-refractivity contribution in [3.8, 4) is 22.4 Å². The highest BCUT2D eigenvalue weighted by atomic mass is 19.1. The molecule has 4 aromatic rings. The maximum atomic E-state index is 14.1. The number of nitrogens with zero attached hydrogens (tertiary/aromatic N) is 3. The Morgan fingerprint density at radius 3 is 2.07 bits per heavy atom. The molecule has 0 spiro atoms. The van der Waals surface area contributed by atoms with Crippen LogP contribution in [-0.2, 0) is 0 Å². The van der Waals surface area contributed by atoms with Gasteiger partial charge in [0.15, 0.2) is 0 Å². The van der Waals surface area contributed by atoms with Crippen molar-refractivity contribution in [2.75, 3.05) is 30.3 Å². The summed E-state index contributed by atoms with van der Waals surface area (Å²) in [4.78, 5) is 14.7. The van der Waals surface area contributed by atoms with Crippen LogP contribution in [0.15, 0.2) is 84.9 Å². The predicted octanol–water partition coefficient (Wildman–Crippen LogP) is 9.18. The topological polar surface area (TPSA) is 70.1 Å². The SMILES string of the molecule is CCCCCCCN(CCCCCNc1cc(-c2ccccc2)c(-c2ccccc2)nn1)C(=O)Nc1ccc(F)cc1F. The Hall–Kier alpha value is -4.33. The number of benzene rings is 3. The summed E-state index contributed by atoms with van der Waals surface area (Å²) in [5.41, 5.74) is 3.93. The van der Waals surface area contributed by atoms with E-state index in [-0.39, 0.29) is 11.7 Å². The van der Waals surface area contributed by atoms with Gasteiger partial charge in [-0.05, 0) is 49.4 Å². The summed E-state index contributed by atoms with van der Waals surface area (Å²) >= 11 is 0. The van der Waals surface area contributed by atoms with Crippen molar-refractivity contribution in [1.29, 1.82) is 0 Å². The maximum absolute atomic E-state index is 14.1. The molecule has 2 amide bonds. The summed E-state index contributed by atoms with van der Waals surface area (Å²) in [6.45, 7) is 4.05. The van der Waals surface area contributed by atoms with Crippen LogP contribution >= 0.6 is 0 Å². The van der Waals surface area contributed by atoms with Gasteiger partial charge < -0.3 is 15.5 Å². The van der Waals surface area contributed by atoms with Gasteiger partial charge in [-0.25, -0.2) is 13.6 Å². The molecule has 0 atom stereocenters. The minimum absolute atomic E-state index is 0.0131. The van der Waals surface area contributed by atoms with E-state index in [4.69, 9.17) is 0 Å². The van der Waals surface area contributed by atoms with Gasteiger partial charge in [-0.1, -0.05) is 93.3 Å². The quantitative estimate of drug-likeness (QED) is 0.129. The minimum Gasteiger partial charge on any atom is -0.369 e. The minimum atomic E-state index is -0.780. The number of urea groups is 1. The molecule has 0 aliphatic heterocycles. The highest BCUT2D eigenvalue weighted by Crippen LogP contribution is 2.31. The first kappa shape index (κ1) is 31.6. The lowest BCUT2D eigenvalue weighted by molar-refractivity contribution is 0.209. The van der Waals surface area contributed by atoms with E-state index in [1.54, 1.807) is 4.90 Å². The number of unbranched alkanes of at least 4 members (excludes halogenated alkanes) is 6. The van der Waals surface area contributed by atoms with Crippen molar-refractivity contribution in [2.45, 2.75) is 58.3 Å². The van der Waals surface area contributed by atoms with Crippen LogP contribution in [-0.4, -0.2) is 40.8 Å². The molecule has 43 heavy (non-hydrogen) atoms. The Kier molecular flexibility index (Phi) is 12.5. The van der Waals surface area contributed by atoms with Crippen LogP contribution in [0.2, 0.25) is 0 Å². The van der Waals surface area contributed by atoms with E-state index in [0.29, 0.717) is 18.9 Å². The molecule has 1 aromatic heterocycles. The summed E-state index contributed by atoms with van der Waals surface area (Å²) in [7, 11) is 0. The number of amides is 2. The Bertz CT molecular complexity index is 1420. The Labute approximate surface area is 253 Å². The zero-order valence-corrected chi connectivity index (χ0v) is 24.9. The molecule has 0 radical (unpaired) electrons. The molecule has 0 aliphatic rings. The molecule has 8 heteroatoms. The number of rotatable bonds is 16. The van der Waals surface area contributed by atoms with E-state index in [0.717, 1.165) is 86.0 Å². The molecule has 0 aliphatic carbocycles. The number of anilines is 2. The van der Waals surface area contributed by atoms with Crippen molar-refractivity contribution in [1.82, 2.24) is 15.1 Å². The first-order chi connectivity index (χ1) is 21.0. The Balaban J connectivity index is 1.30. The van der Waals surface area contributed by atoms with Gasteiger partial charge in [0.05, 0.1) is 5.69 Å². The lowest BCUT2D eigenvalue weighted by atomic mass is 10.00. The highest BCUT2D eigenvalue weighted by Gasteiger charge is 2.16. The lowest BCUT2D eigenvalue weighted by Crippen LogP contribution is -2.36. The third kappa shape index (κ3) is 9.87. The summed E-state index contributed by atoms with van der Waals surface area (Å²) in [6, 6.07) is 25.1. The van der Waals surface area contributed by atoms with Gasteiger partial charge >= 0.3 is 6.03 Å². The molecule has 0 saturated carbocycles. The molecule has 0 fully saturated rings. The summed E-state index contributed by atoms with van der Waals surface area (Å²) in [5, 5.41) is 15.0. The van der Waals surface area contributed by atoms with Crippen molar-refractivity contribution < 1.29 is 13.6 Å². The van der Waals surface area contributed by atoms with E-state index >= 15 is 0 Å². The number of carbonyl (C=O) groups excluding carboxylic acids is 1. The zero-order chi connectivity index (χ0) is 30.3. The van der Waals surface area contributed by atoms with E-state index in [1.807, 2.05) is 54.6 Å². The first-order valence-corrected chi connectivity index (χ1v) is 15.3. The fraction of sp³-hybridized carbons (Fsp3) is 0.343. The fourth-order valence-electron chi connectivity index (χ4n) is 4.95. The molecule has 0 saturated heterocycles. The van der Waals surface area contributed by atoms with Gasteiger partial charge in [-0.15, -0.1) is 10.2 Å². The van der Waals surface area contributed by atoms with Crippen LogP contribution < -0.4 is 10.6 Å². The van der Waals surface area contributed by atoms with Gasteiger partial charge in [0.1, 0.15) is 23.1 Å². The molecule has 226 valence electrons. The van der Waals surface area contributed by atoms with Gasteiger partial charge in [0.25, 0.3) is 0 Å². The second kappa shape index (κ2) is 16.9. The number of hydrogen-bond donors (Lipinski definition) is 2. The van der Waals surface area contributed by atoms with Crippen LogP contribution in [0.1, 0.15) is 58.3 Å². The average Bonchev–Trinajstić information content (AvgIpc) is 3.03. The van der Waals surface area contributed by atoms with Crippen LogP contribution in [0.25, 0.3) is 22.4 Å². The van der Waals surface area contributed by atoms with Crippen molar-refractivity contribution in [3.05, 3.63) is 96.6 Å². The number of hydrogen-bond acceptors (Lipinski definition) is 4. The van der Waals surface area contributed by atoms with E-state index in [2.05, 4.69) is 39.9 Å². The van der Waals surface area contributed by atoms with Crippen molar-refractivity contribution in [3.63, 3.8) is 0 Å². The Morgan fingerprint density at radius 1 is 0.744 bits per heavy atom. The fourth-order valence-corrected chi connectivity index (χ4v) is 4.95. The van der Waals surface area contributed by atoms with Gasteiger partial charge in [0.2, 0.25) is 0 Å². The third-order valence-electron chi connectivity index (χ3n) is 7.33. The van der Waals surface area contributed by atoms with Gasteiger partial charge in [-0.2, -0.15) is 0 Å². The van der Waals surface area contributed by atoms with Crippen molar-refractivity contribution in [2.24, 2.45) is 0 Å². The van der Waals surface area contributed by atoms with E-state index < -0.39 is 11.6 Å². The number of aromatic nitrogens is 2. The standard InChI is InChI=1S/C35H41F2N5O/c1-2-3-4-5-14-23-42(35(43)39-32-21-20-29(36)25-31(32)37)24-15-8-13-22-38-33-26-30(27-16-9-6-10-17-27)34(41-40-33)28-18-11-7-12-19-28/h6-7,9-12,16-21,25-26H,2-5,8,13-15,22-24H2,1H3,(H,38,40)(H,39,43). The van der Waals surface area contributed by atoms with Crippen LogP contribution in [0, 0.1) is 11.6 Å². The normalized spacial score (nSPS) is 10.9. The number of halogens is 2. The lowest BCUT2D eigenvalue weighted by Gasteiger charge is -2.23. The number of nitrogens with one attached hydrogen (secondary N) is 2. The first-order valence-electron chi connectivity index (χ1n) is 15.3. The average molecular weight is 586 g/mol. The van der Waals surface area contributed by atoms with Crippen LogP contribution in [0.3, 0.4) is 0 Å². The molecule has 3 aromatic carbocycles. The largest absolute Gasteiger partial charge is 0.369 e. The van der Waals surface area contributed by atoms with E-state index in [9.17, 15) is 13.6 Å². The molecule has 4 rings (SSSR count). The van der Waals surface area contributed by atoms with Crippen LogP contribution in [0.4, 0.5) is 25.1 Å². The van der Waals surface area contributed by atoms with Gasteiger partial charge in [0, 0.05) is 36.8 Å². The molecule has 0 bridgehead atoms. The zero-order valence-electron chi connectivity index (χ0n) is 24.9. The van der Waals surface area contributed by atoms with Crippen LogP contribution in [0.5, 0.6) is 0 Å². The van der Waals surface area contributed by atoms with Crippen molar-refractivity contribution >= 4 is 17.5 Å². The molecule has 0 unspecified atom stereocenters. The van der Waals surface area contributed by atoms with E-state index in [1.165, 1.54) is 12.5 Å². The molecule has 2 N–H and O–H groups in total. The second-order valence-electron chi connectivity index (χ2n) is 10.7.